The molecule has 1 heteroatoms. The molecule has 328 valence electrons. The fourth-order valence-corrected chi connectivity index (χ4v) is 11.2. The van der Waals surface area contributed by atoms with Gasteiger partial charge in [0.2, 0.25) is 0 Å². The molecule has 9 aromatic rings. The molecule has 0 saturated carbocycles. The summed E-state index contributed by atoms with van der Waals surface area (Å²) in [4.78, 5) is 2.57. The molecule has 1 nitrogen and oxygen atoms in total. The number of fused-ring (bicyclic) bond motifs is 6. The molecule has 2 aliphatic rings. The van der Waals surface area contributed by atoms with Crippen LogP contribution in [0.1, 0.15) is 99.9 Å². The van der Waals surface area contributed by atoms with Gasteiger partial charge in [0.1, 0.15) is 0 Å². The van der Waals surface area contributed by atoms with E-state index in [0.29, 0.717) is 0 Å². The van der Waals surface area contributed by atoms with Crippen molar-refractivity contribution in [3.8, 4) is 44.5 Å². The van der Waals surface area contributed by atoms with Crippen molar-refractivity contribution in [3.63, 3.8) is 0 Å². The lowest BCUT2D eigenvalue weighted by molar-refractivity contribution is 0.586. The van der Waals surface area contributed by atoms with Gasteiger partial charge in [0.05, 0.1) is 11.1 Å². The van der Waals surface area contributed by atoms with Crippen LogP contribution in [-0.4, -0.2) is 0 Å². The summed E-state index contributed by atoms with van der Waals surface area (Å²) in [5.41, 5.74) is 23.1. The Hall–Kier alpha value is -7.22. The first-order chi connectivity index (χ1) is 32.2. The van der Waals surface area contributed by atoms with Gasteiger partial charge in [-0.1, -0.05) is 237 Å². The van der Waals surface area contributed by atoms with Crippen molar-refractivity contribution in [1.82, 2.24) is 0 Å². The van der Waals surface area contributed by atoms with Gasteiger partial charge < -0.3 is 4.90 Å². The van der Waals surface area contributed by atoms with Crippen LogP contribution < -0.4 is 4.90 Å². The zero-order valence-electron chi connectivity index (χ0n) is 40.2. The number of hydrogen-bond donors (Lipinski definition) is 0. The second kappa shape index (κ2) is 15.7. The van der Waals surface area contributed by atoms with Crippen molar-refractivity contribution < 1.29 is 0 Å². The first-order valence-corrected chi connectivity index (χ1v) is 24.0. The van der Waals surface area contributed by atoms with Crippen LogP contribution in [-0.2, 0) is 21.7 Å². The molecule has 0 unspecified atom stereocenters. The molecule has 0 radical (unpaired) electrons. The number of hydrogen-bond acceptors (Lipinski definition) is 1. The van der Waals surface area contributed by atoms with Crippen LogP contribution in [0.15, 0.2) is 212 Å². The molecule has 0 bridgehead atoms. The summed E-state index contributed by atoms with van der Waals surface area (Å²) in [6, 6.07) is 80.1. The third kappa shape index (κ3) is 6.90. The van der Waals surface area contributed by atoms with Gasteiger partial charge in [-0.2, -0.15) is 0 Å². The van der Waals surface area contributed by atoms with Crippen molar-refractivity contribution in [1.29, 1.82) is 0 Å². The summed E-state index contributed by atoms with van der Waals surface area (Å²) >= 11 is 0. The van der Waals surface area contributed by atoms with Gasteiger partial charge in [-0.05, 0) is 125 Å². The molecular weight excluding hydrogens is 807 g/mol. The van der Waals surface area contributed by atoms with Crippen molar-refractivity contribution >= 4 is 17.1 Å². The highest BCUT2D eigenvalue weighted by atomic mass is 15.1. The average molecular weight is 866 g/mol. The summed E-state index contributed by atoms with van der Waals surface area (Å²) in [6.07, 6.45) is 0. The molecular formula is C66H59N. The molecule has 9 aromatic carbocycles. The molecule has 0 aromatic heterocycles. The van der Waals surface area contributed by atoms with Crippen LogP contribution in [0.25, 0.3) is 44.5 Å². The molecule has 0 N–H and O–H groups in total. The number of benzene rings is 9. The second-order valence-corrected chi connectivity index (χ2v) is 21.4. The fraction of sp³-hybridized carbons (Fsp3) is 0.182. The van der Waals surface area contributed by atoms with Crippen LogP contribution >= 0.6 is 0 Å². The van der Waals surface area contributed by atoms with Gasteiger partial charge in [0, 0.05) is 22.4 Å². The molecule has 0 fully saturated rings. The summed E-state index contributed by atoms with van der Waals surface area (Å²) in [6.45, 7) is 18.9. The van der Waals surface area contributed by atoms with E-state index in [-0.39, 0.29) is 16.2 Å². The fourth-order valence-electron chi connectivity index (χ4n) is 11.2. The van der Waals surface area contributed by atoms with Crippen molar-refractivity contribution in [2.45, 2.75) is 77.0 Å². The van der Waals surface area contributed by atoms with Crippen LogP contribution in [0.4, 0.5) is 17.1 Å². The summed E-state index contributed by atoms with van der Waals surface area (Å²) in [5.74, 6) is 0. The Kier molecular flexibility index (Phi) is 9.94. The predicted molar refractivity (Wildman–Crippen MR) is 284 cm³/mol. The van der Waals surface area contributed by atoms with Crippen molar-refractivity contribution in [3.05, 3.63) is 257 Å². The first kappa shape index (κ1) is 42.4. The Bertz CT molecular complexity index is 3250. The lowest BCUT2D eigenvalue weighted by atomic mass is 9.66. The van der Waals surface area contributed by atoms with E-state index in [9.17, 15) is 0 Å². The largest absolute Gasteiger partial charge is 0.310 e. The van der Waals surface area contributed by atoms with Crippen LogP contribution in [0.3, 0.4) is 0 Å². The van der Waals surface area contributed by atoms with E-state index in [1.807, 2.05) is 0 Å². The normalized spacial score (nSPS) is 14.2. The molecule has 0 aliphatic heterocycles. The minimum Gasteiger partial charge on any atom is -0.310 e. The number of rotatable bonds is 7. The Morgan fingerprint density at radius 3 is 1.39 bits per heavy atom. The molecule has 0 spiro atoms. The maximum absolute atomic E-state index is 2.57. The highest BCUT2D eigenvalue weighted by Gasteiger charge is 2.49. The maximum Gasteiger partial charge on any atom is 0.0714 e. The topological polar surface area (TPSA) is 3.24 Å². The highest BCUT2D eigenvalue weighted by Crippen LogP contribution is 2.61. The minimum atomic E-state index is -0.576. The van der Waals surface area contributed by atoms with Crippen LogP contribution in [0.2, 0.25) is 0 Å². The standard InChI is InChI=1S/C66H59N/c1-63(2,3)50-34-38-56-59(40-50)66(48-22-14-10-15-23-48,49-24-16-11-17-25-49)60-41-51(64(4,5)6)42-61(62(56)60)67(53-37-39-55-54-26-18-19-27-57(54)65(7,8)58(55)43-53)52-35-32-47(33-36-52)46-30-28-45(29-31-46)44-20-12-9-13-21-44/h9-43H,1-8H3. The van der Waals surface area contributed by atoms with Crippen molar-refractivity contribution in [2.75, 3.05) is 4.90 Å². The molecule has 0 saturated heterocycles. The van der Waals surface area contributed by atoms with E-state index in [2.05, 4.69) is 273 Å². The van der Waals surface area contributed by atoms with E-state index in [0.717, 1.165) is 11.4 Å². The number of nitrogens with zero attached hydrogens (tertiary/aromatic N) is 1. The third-order valence-corrected chi connectivity index (χ3v) is 14.9. The zero-order valence-corrected chi connectivity index (χ0v) is 40.2. The van der Waals surface area contributed by atoms with E-state index in [4.69, 9.17) is 0 Å². The summed E-state index contributed by atoms with van der Waals surface area (Å²) in [5, 5.41) is 0. The summed E-state index contributed by atoms with van der Waals surface area (Å²) < 4.78 is 0. The van der Waals surface area contributed by atoms with Gasteiger partial charge in [-0.15, -0.1) is 0 Å². The molecule has 0 amide bonds. The van der Waals surface area contributed by atoms with Crippen LogP contribution in [0, 0.1) is 0 Å². The van der Waals surface area contributed by atoms with Crippen LogP contribution in [0.5, 0.6) is 0 Å². The zero-order chi connectivity index (χ0) is 46.3. The lowest BCUT2D eigenvalue weighted by Gasteiger charge is -2.36. The second-order valence-electron chi connectivity index (χ2n) is 21.4. The third-order valence-electron chi connectivity index (χ3n) is 14.9. The Morgan fingerprint density at radius 2 is 0.806 bits per heavy atom. The van der Waals surface area contributed by atoms with Gasteiger partial charge in [-0.3, -0.25) is 0 Å². The monoisotopic (exact) mass is 865 g/mol. The SMILES string of the molecule is CC(C)(C)c1ccc2c(c1)C(c1ccccc1)(c1ccccc1)c1cc(C(C)(C)C)cc(N(c3ccc(-c4ccc(-c5ccccc5)cc4)cc3)c3ccc4c(c3)C(C)(C)c3ccccc3-4)c1-2. The molecule has 67 heavy (non-hydrogen) atoms. The average Bonchev–Trinajstić information content (AvgIpc) is 3.77. The first-order valence-electron chi connectivity index (χ1n) is 24.0. The molecule has 0 atom stereocenters. The predicted octanol–water partition coefficient (Wildman–Crippen LogP) is 17.8. The highest BCUT2D eigenvalue weighted by molar-refractivity contribution is 5.99. The van der Waals surface area contributed by atoms with E-state index >= 15 is 0 Å². The Labute approximate surface area is 398 Å². The molecule has 2 aliphatic carbocycles. The smallest absolute Gasteiger partial charge is 0.0714 e. The Morgan fingerprint density at radius 1 is 0.343 bits per heavy atom. The minimum absolute atomic E-state index is 0.0488. The van der Waals surface area contributed by atoms with Gasteiger partial charge in [0.15, 0.2) is 0 Å². The maximum atomic E-state index is 2.57. The van der Waals surface area contributed by atoms with Gasteiger partial charge in [-0.25, -0.2) is 0 Å². The Balaban J connectivity index is 1.20. The summed E-state index contributed by atoms with van der Waals surface area (Å²) in [7, 11) is 0. The molecule has 0 heterocycles. The lowest BCUT2D eigenvalue weighted by Crippen LogP contribution is -2.30. The van der Waals surface area contributed by atoms with E-state index < -0.39 is 5.41 Å². The van der Waals surface area contributed by atoms with E-state index in [1.54, 1.807) is 0 Å². The van der Waals surface area contributed by atoms with Gasteiger partial charge >= 0.3 is 0 Å². The van der Waals surface area contributed by atoms with Gasteiger partial charge in [0.25, 0.3) is 0 Å². The quantitative estimate of drug-likeness (QED) is 0.154. The van der Waals surface area contributed by atoms with Crippen molar-refractivity contribution in [2.24, 2.45) is 0 Å². The van der Waals surface area contributed by atoms with E-state index in [1.165, 1.54) is 94.7 Å². The molecule has 11 rings (SSSR count). The number of anilines is 3.